The number of halogens is 3. The third kappa shape index (κ3) is 5.04. The summed E-state index contributed by atoms with van der Waals surface area (Å²) >= 11 is 0. The highest BCUT2D eigenvalue weighted by Crippen LogP contribution is 2.27. The molecule has 0 bridgehead atoms. The van der Waals surface area contributed by atoms with Crippen LogP contribution in [0, 0.1) is 0 Å². The van der Waals surface area contributed by atoms with Crippen LogP contribution < -0.4 is 9.47 Å². The van der Waals surface area contributed by atoms with E-state index in [2.05, 4.69) is 20.0 Å². The molecule has 0 fully saturated rings. The van der Waals surface area contributed by atoms with Crippen LogP contribution in [0.25, 0.3) is 11.4 Å². The van der Waals surface area contributed by atoms with Gasteiger partial charge in [0, 0.05) is 0 Å². The zero-order valence-corrected chi connectivity index (χ0v) is 16.0. The van der Waals surface area contributed by atoms with Crippen LogP contribution in [0.15, 0.2) is 42.6 Å². The van der Waals surface area contributed by atoms with Gasteiger partial charge in [-0.25, -0.2) is 9.48 Å². The first-order chi connectivity index (χ1) is 14.3. The first-order valence-electron chi connectivity index (χ1n) is 8.76. The molecule has 0 N–H and O–H groups in total. The summed E-state index contributed by atoms with van der Waals surface area (Å²) in [6, 6.07) is 9.52. The summed E-state index contributed by atoms with van der Waals surface area (Å²) in [4.78, 5) is 16.3. The van der Waals surface area contributed by atoms with Crippen molar-refractivity contribution >= 4 is 5.97 Å². The lowest BCUT2D eigenvalue weighted by Crippen LogP contribution is -2.17. The first kappa shape index (κ1) is 21.1. The number of aromatic nitrogens is 4. The molecule has 2 heterocycles. The van der Waals surface area contributed by atoms with E-state index in [1.54, 1.807) is 26.2 Å². The van der Waals surface area contributed by atoms with Crippen molar-refractivity contribution in [1.29, 1.82) is 0 Å². The molecule has 0 unspecified atom stereocenters. The topological polar surface area (TPSA) is 88.4 Å². The second-order valence-corrected chi connectivity index (χ2v) is 5.94. The average molecular weight is 422 g/mol. The van der Waals surface area contributed by atoms with Crippen LogP contribution >= 0.6 is 0 Å². The Morgan fingerprint density at radius 3 is 2.37 bits per heavy atom. The second-order valence-electron chi connectivity index (χ2n) is 5.94. The number of rotatable bonds is 7. The van der Waals surface area contributed by atoms with E-state index in [1.807, 2.05) is 12.1 Å². The van der Waals surface area contributed by atoms with E-state index in [-0.39, 0.29) is 30.2 Å². The lowest BCUT2D eigenvalue weighted by Gasteiger charge is -2.10. The minimum absolute atomic E-state index is 0.0950. The van der Waals surface area contributed by atoms with Gasteiger partial charge < -0.3 is 14.2 Å². The SMILES string of the molecule is CCOC(=O)c1nnn(Cc2ccc(OC)cc2)c1-c1ccc(OC(F)(F)F)cn1. The summed E-state index contributed by atoms with van der Waals surface area (Å²) in [5.74, 6) is -0.532. The van der Waals surface area contributed by atoms with Gasteiger partial charge in [-0.15, -0.1) is 18.3 Å². The highest BCUT2D eigenvalue weighted by Gasteiger charge is 2.31. The maximum absolute atomic E-state index is 12.4. The maximum Gasteiger partial charge on any atom is 0.573 e. The van der Waals surface area contributed by atoms with Crippen LogP contribution in [-0.2, 0) is 11.3 Å². The van der Waals surface area contributed by atoms with Crippen molar-refractivity contribution in [2.24, 2.45) is 0 Å². The van der Waals surface area contributed by atoms with Gasteiger partial charge in [0.25, 0.3) is 0 Å². The fourth-order valence-corrected chi connectivity index (χ4v) is 2.63. The predicted octanol–water partition coefficient (Wildman–Crippen LogP) is 3.47. The van der Waals surface area contributed by atoms with E-state index >= 15 is 0 Å². The highest BCUT2D eigenvalue weighted by molar-refractivity contribution is 5.93. The van der Waals surface area contributed by atoms with E-state index in [9.17, 15) is 18.0 Å². The summed E-state index contributed by atoms with van der Waals surface area (Å²) < 4.78 is 52.5. The molecular formula is C19H17F3N4O4. The van der Waals surface area contributed by atoms with Gasteiger partial charge in [0.1, 0.15) is 17.2 Å². The molecule has 0 spiro atoms. The summed E-state index contributed by atoms with van der Waals surface area (Å²) in [6.07, 6.45) is -3.93. The molecule has 0 amide bonds. The summed E-state index contributed by atoms with van der Waals surface area (Å²) in [5, 5.41) is 7.88. The molecule has 0 aliphatic carbocycles. The highest BCUT2D eigenvalue weighted by atomic mass is 19.4. The number of esters is 1. The van der Waals surface area contributed by atoms with Crippen LogP contribution in [0.4, 0.5) is 13.2 Å². The molecule has 3 aromatic rings. The summed E-state index contributed by atoms with van der Waals surface area (Å²) in [7, 11) is 1.55. The third-order valence-corrected chi connectivity index (χ3v) is 3.91. The summed E-state index contributed by atoms with van der Waals surface area (Å²) in [5.41, 5.74) is 1.13. The van der Waals surface area contributed by atoms with E-state index in [4.69, 9.17) is 9.47 Å². The number of hydrogen-bond donors (Lipinski definition) is 0. The number of carbonyl (C=O) groups excluding carboxylic acids is 1. The second kappa shape index (κ2) is 8.80. The quantitative estimate of drug-likeness (QED) is 0.539. The van der Waals surface area contributed by atoms with E-state index in [0.29, 0.717) is 5.75 Å². The van der Waals surface area contributed by atoms with Gasteiger partial charge in [-0.3, -0.25) is 4.98 Å². The van der Waals surface area contributed by atoms with Crippen molar-refractivity contribution < 1.29 is 32.2 Å². The lowest BCUT2D eigenvalue weighted by atomic mass is 10.2. The smallest absolute Gasteiger partial charge is 0.497 e. The largest absolute Gasteiger partial charge is 0.573 e. The molecule has 0 atom stereocenters. The molecule has 0 saturated carbocycles. The Morgan fingerprint density at radius 1 is 1.10 bits per heavy atom. The summed E-state index contributed by atoms with van der Waals surface area (Å²) in [6.45, 7) is 1.99. The van der Waals surface area contributed by atoms with Crippen molar-refractivity contribution in [1.82, 2.24) is 20.0 Å². The standard InChI is InChI=1S/C19H17F3N4O4/c1-3-29-18(27)16-17(15-9-8-14(10-23-15)30-19(20,21)22)26(25-24-16)11-12-4-6-13(28-2)7-5-12/h4-10H,3,11H2,1-2H3. The molecule has 0 saturated heterocycles. The van der Waals surface area contributed by atoms with Crippen molar-refractivity contribution in [3.8, 4) is 22.9 Å². The van der Waals surface area contributed by atoms with Crippen molar-refractivity contribution in [3.63, 3.8) is 0 Å². The maximum atomic E-state index is 12.4. The number of hydrogen-bond acceptors (Lipinski definition) is 7. The van der Waals surface area contributed by atoms with Gasteiger partial charge >= 0.3 is 12.3 Å². The zero-order chi connectivity index (χ0) is 21.7. The van der Waals surface area contributed by atoms with Crippen LogP contribution in [-0.4, -0.2) is 46.0 Å². The Balaban J connectivity index is 1.97. The molecule has 158 valence electrons. The molecule has 2 aromatic heterocycles. The Labute approximate surface area is 169 Å². The van der Waals surface area contributed by atoms with Gasteiger partial charge in [0.05, 0.1) is 32.2 Å². The zero-order valence-electron chi connectivity index (χ0n) is 16.0. The third-order valence-electron chi connectivity index (χ3n) is 3.91. The van der Waals surface area contributed by atoms with Gasteiger partial charge in [0.15, 0.2) is 5.69 Å². The molecule has 1 aromatic carbocycles. The molecule has 0 aliphatic heterocycles. The average Bonchev–Trinajstić information content (AvgIpc) is 3.12. The monoisotopic (exact) mass is 422 g/mol. The van der Waals surface area contributed by atoms with Crippen molar-refractivity contribution in [3.05, 3.63) is 53.9 Å². The number of alkyl halides is 3. The number of pyridine rings is 1. The van der Waals surface area contributed by atoms with Crippen LogP contribution in [0.3, 0.4) is 0 Å². The fraction of sp³-hybridized carbons (Fsp3) is 0.263. The molecule has 8 nitrogen and oxygen atoms in total. The fourth-order valence-electron chi connectivity index (χ4n) is 2.63. The van der Waals surface area contributed by atoms with Crippen molar-refractivity contribution in [2.45, 2.75) is 19.8 Å². The molecule has 0 radical (unpaired) electrons. The van der Waals surface area contributed by atoms with Crippen LogP contribution in [0.5, 0.6) is 11.5 Å². The number of nitrogens with zero attached hydrogens (tertiary/aromatic N) is 4. The Bertz CT molecular complexity index is 1000. The van der Waals surface area contributed by atoms with Gasteiger partial charge in [0.2, 0.25) is 0 Å². The van der Waals surface area contributed by atoms with E-state index in [0.717, 1.165) is 17.8 Å². The Kier molecular flexibility index (Phi) is 6.19. The number of ether oxygens (including phenoxy) is 3. The lowest BCUT2D eigenvalue weighted by molar-refractivity contribution is -0.274. The molecule has 3 rings (SSSR count). The number of benzene rings is 1. The molecule has 11 heteroatoms. The normalized spacial score (nSPS) is 11.2. The van der Waals surface area contributed by atoms with E-state index < -0.39 is 18.1 Å². The molecule has 0 aliphatic rings. The molecule has 30 heavy (non-hydrogen) atoms. The Morgan fingerprint density at radius 2 is 1.80 bits per heavy atom. The van der Waals surface area contributed by atoms with Crippen molar-refractivity contribution in [2.75, 3.05) is 13.7 Å². The van der Waals surface area contributed by atoms with Crippen LogP contribution in [0.1, 0.15) is 23.0 Å². The predicted molar refractivity (Wildman–Crippen MR) is 98.0 cm³/mol. The van der Waals surface area contributed by atoms with E-state index in [1.165, 1.54) is 10.7 Å². The first-order valence-corrected chi connectivity index (χ1v) is 8.76. The Hall–Kier alpha value is -3.63. The number of methoxy groups -OCH3 is 1. The van der Waals surface area contributed by atoms with Gasteiger partial charge in [-0.05, 0) is 36.8 Å². The minimum atomic E-state index is -4.84. The van der Waals surface area contributed by atoms with Crippen LogP contribution in [0.2, 0.25) is 0 Å². The van der Waals surface area contributed by atoms with Gasteiger partial charge in [-0.1, -0.05) is 17.3 Å². The molecular weight excluding hydrogens is 405 g/mol. The van der Waals surface area contributed by atoms with Gasteiger partial charge in [-0.2, -0.15) is 0 Å². The minimum Gasteiger partial charge on any atom is -0.497 e. The number of carbonyl (C=O) groups is 1.